The quantitative estimate of drug-likeness (QED) is 0.408. The zero-order valence-electron chi connectivity index (χ0n) is 13.3. The summed E-state index contributed by atoms with van der Waals surface area (Å²) in [6.45, 7) is 0. The molecule has 0 aliphatic rings. The van der Waals surface area contributed by atoms with E-state index in [1.807, 2.05) is 0 Å². The van der Waals surface area contributed by atoms with Crippen molar-refractivity contribution in [3.63, 3.8) is 0 Å². The summed E-state index contributed by atoms with van der Waals surface area (Å²) in [5.74, 6) is 0.646. The number of hydrazine groups is 1. The lowest BCUT2D eigenvalue weighted by molar-refractivity contribution is -0.384. The van der Waals surface area contributed by atoms with Gasteiger partial charge < -0.3 is 10.1 Å². The molecule has 2 rings (SSSR count). The lowest BCUT2D eigenvalue weighted by Gasteiger charge is -2.14. The molecule has 0 aliphatic carbocycles. The van der Waals surface area contributed by atoms with Crippen molar-refractivity contribution in [1.29, 1.82) is 0 Å². The van der Waals surface area contributed by atoms with Crippen LogP contribution in [0.25, 0.3) is 0 Å². The Kier molecular flexibility index (Phi) is 5.82. The van der Waals surface area contributed by atoms with E-state index >= 15 is 0 Å². The lowest BCUT2D eigenvalue weighted by Crippen LogP contribution is -2.33. The third-order valence-corrected chi connectivity index (χ3v) is 3.38. The van der Waals surface area contributed by atoms with Gasteiger partial charge in [-0.25, -0.2) is 0 Å². The molecule has 26 heavy (non-hydrogen) atoms. The molecule has 0 unspecified atom stereocenters. The molecular formula is C15H13F3N4O3S. The molecule has 0 aromatic heterocycles. The number of anilines is 2. The Morgan fingerprint density at radius 2 is 1.85 bits per heavy atom. The highest BCUT2D eigenvalue weighted by Gasteiger charge is 2.33. The summed E-state index contributed by atoms with van der Waals surface area (Å²) in [6, 6.07) is 8.89. The van der Waals surface area contributed by atoms with Crippen molar-refractivity contribution in [1.82, 2.24) is 5.43 Å². The molecule has 7 nitrogen and oxygen atoms in total. The Morgan fingerprint density at radius 1 is 1.19 bits per heavy atom. The SMILES string of the molecule is COc1ccc(NC(=S)NNc2ccc(C(F)(F)F)cc2[N+](=O)[O-])cc1. The van der Waals surface area contributed by atoms with E-state index in [9.17, 15) is 23.3 Å². The average Bonchev–Trinajstić information content (AvgIpc) is 2.59. The minimum atomic E-state index is -4.68. The normalized spacial score (nSPS) is 10.8. The Labute approximate surface area is 151 Å². The second kappa shape index (κ2) is 7.87. The number of nitro benzene ring substituents is 1. The van der Waals surface area contributed by atoms with E-state index in [1.165, 1.54) is 7.11 Å². The molecule has 0 bridgehead atoms. The molecular weight excluding hydrogens is 373 g/mol. The van der Waals surface area contributed by atoms with Crippen LogP contribution in [-0.2, 0) is 6.18 Å². The van der Waals surface area contributed by atoms with Gasteiger partial charge >= 0.3 is 6.18 Å². The molecule has 3 N–H and O–H groups in total. The van der Waals surface area contributed by atoms with Crippen LogP contribution in [-0.4, -0.2) is 17.1 Å². The summed E-state index contributed by atoms with van der Waals surface area (Å²) in [6.07, 6.45) is -4.68. The second-order valence-electron chi connectivity index (χ2n) is 4.92. The number of rotatable bonds is 5. The number of hydrogen-bond acceptors (Lipinski definition) is 5. The lowest BCUT2D eigenvalue weighted by atomic mass is 10.1. The zero-order valence-corrected chi connectivity index (χ0v) is 14.1. The van der Waals surface area contributed by atoms with Crippen LogP contribution in [0, 0.1) is 10.1 Å². The number of thiocarbonyl (C=S) groups is 1. The fourth-order valence-corrected chi connectivity index (χ4v) is 2.09. The summed E-state index contributed by atoms with van der Waals surface area (Å²) in [4.78, 5) is 10.1. The van der Waals surface area contributed by atoms with Crippen molar-refractivity contribution in [2.24, 2.45) is 0 Å². The first-order valence-corrected chi connectivity index (χ1v) is 7.44. The monoisotopic (exact) mass is 386 g/mol. The molecule has 0 radical (unpaired) electrons. The zero-order chi connectivity index (χ0) is 19.3. The second-order valence-corrected chi connectivity index (χ2v) is 5.33. The number of nitro groups is 1. The summed E-state index contributed by atoms with van der Waals surface area (Å²) in [7, 11) is 1.52. The fraction of sp³-hybridized carbons (Fsp3) is 0.133. The first-order valence-electron chi connectivity index (χ1n) is 7.03. The van der Waals surface area contributed by atoms with Crippen molar-refractivity contribution >= 4 is 34.4 Å². The van der Waals surface area contributed by atoms with E-state index in [-0.39, 0.29) is 10.8 Å². The van der Waals surface area contributed by atoms with E-state index < -0.39 is 22.4 Å². The molecule has 2 aromatic rings. The van der Waals surface area contributed by atoms with Gasteiger partial charge in [0.25, 0.3) is 5.69 Å². The molecule has 0 heterocycles. The third kappa shape index (κ3) is 4.96. The van der Waals surface area contributed by atoms with Gasteiger partial charge in [0.05, 0.1) is 17.6 Å². The Bertz CT molecular complexity index is 813. The van der Waals surface area contributed by atoms with E-state index in [0.717, 1.165) is 12.1 Å². The van der Waals surface area contributed by atoms with Crippen LogP contribution in [0.1, 0.15) is 5.56 Å². The molecule has 11 heteroatoms. The highest BCUT2D eigenvalue weighted by Crippen LogP contribution is 2.34. The minimum Gasteiger partial charge on any atom is -0.497 e. The number of hydrogen-bond donors (Lipinski definition) is 3. The van der Waals surface area contributed by atoms with Gasteiger partial charge in [0, 0.05) is 11.8 Å². The van der Waals surface area contributed by atoms with Crippen LogP contribution in [0.3, 0.4) is 0 Å². The Balaban J connectivity index is 2.05. The number of ether oxygens (including phenoxy) is 1. The van der Waals surface area contributed by atoms with E-state index in [4.69, 9.17) is 17.0 Å². The molecule has 2 aromatic carbocycles. The van der Waals surface area contributed by atoms with Gasteiger partial charge in [0.15, 0.2) is 5.11 Å². The molecule has 0 saturated heterocycles. The highest BCUT2D eigenvalue weighted by molar-refractivity contribution is 7.80. The summed E-state index contributed by atoms with van der Waals surface area (Å²) in [5, 5.41) is 13.9. The van der Waals surface area contributed by atoms with Gasteiger partial charge in [-0.2, -0.15) is 13.2 Å². The number of nitrogens with one attached hydrogen (secondary N) is 3. The number of methoxy groups -OCH3 is 1. The predicted molar refractivity (Wildman–Crippen MR) is 94.1 cm³/mol. The molecule has 0 saturated carbocycles. The van der Waals surface area contributed by atoms with Gasteiger partial charge in [0.1, 0.15) is 11.4 Å². The molecule has 0 fully saturated rings. The molecule has 0 atom stereocenters. The van der Waals surface area contributed by atoms with Crippen molar-refractivity contribution in [2.75, 3.05) is 17.9 Å². The Morgan fingerprint density at radius 3 is 2.38 bits per heavy atom. The summed E-state index contributed by atoms with van der Waals surface area (Å²) in [5.41, 5.74) is 3.51. The molecule has 0 aliphatic heterocycles. The third-order valence-electron chi connectivity index (χ3n) is 3.18. The number of alkyl halides is 3. The van der Waals surface area contributed by atoms with Crippen LogP contribution in [0.4, 0.5) is 30.2 Å². The largest absolute Gasteiger partial charge is 0.497 e. The van der Waals surface area contributed by atoms with Gasteiger partial charge in [0.2, 0.25) is 0 Å². The van der Waals surface area contributed by atoms with Crippen molar-refractivity contribution in [3.05, 3.63) is 58.1 Å². The van der Waals surface area contributed by atoms with Crippen molar-refractivity contribution < 1.29 is 22.8 Å². The van der Waals surface area contributed by atoms with Gasteiger partial charge in [-0.05, 0) is 48.6 Å². The minimum absolute atomic E-state index is 0.0596. The van der Waals surface area contributed by atoms with Gasteiger partial charge in [-0.15, -0.1) is 0 Å². The van der Waals surface area contributed by atoms with Crippen LogP contribution in [0.5, 0.6) is 5.75 Å². The average molecular weight is 386 g/mol. The highest BCUT2D eigenvalue weighted by atomic mass is 32.1. The van der Waals surface area contributed by atoms with Crippen LogP contribution in [0.15, 0.2) is 42.5 Å². The van der Waals surface area contributed by atoms with Gasteiger partial charge in [-0.3, -0.25) is 21.0 Å². The van der Waals surface area contributed by atoms with Crippen molar-refractivity contribution in [2.45, 2.75) is 6.18 Å². The number of nitrogens with zero attached hydrogens (tertiary/aromatic N) is 1. The first kappa shape index (κ1) is 19.2. The van der Waals surface area contributed by atoms with Gasteiger partial charge in [-0.1, -0.05) is 0 Å². The van der Waals surface area contributed by atoms with Crippen LogP contribution < -0.4 is 20.9 Å². The molecule has 138 valence electrons. The smallest absolute Gasteiger partial charge is 0.416 e. The van der Waals surface area contributed by atoms with E-state index in [2.05, 4.69) is 16.2 Å². The molecule has 0 spiro atoms. The van der Waals surface area contributed by atoms with E-state index in [1.54, 1.807) is 24.3 Å². The van der Waals surface area contributed by atoms with Crippen LogP contribution >= 0.6 is 12.2 Å². The molecule has 0 amide bonds. The Hall–Kier alpha value is -3.08. The topological polar surface area (TPSA) is 88.5 Å². The fourth-order valence-electron chi connectivity index (χ4n) is 1.93. The maximum absolute atomic E-state index is 12.7. The first-order chi connectivity index (χ1) is 12.2. The summed E-state index contributed by atoms with van der Waals surface area (Å²) < 4.78 is 43.0. The summed E-state index contributed by atoms with van der Waals surface area (Å²) >= 11 is 5.02. The number of benzene rings is 2. The predicted octanol–water partition coefficient (Wildman–Crippen LogP) is 3.94. The maximum Gasteiger partial charge on any atom is 0.416 e. The standard InChI is InChI=1S/C15H13F3N4O3S/c1-25-11-5-3-10(4-6-11)19-14(26)21-20-12-7-2-9(15(16,17)18)8-13(12)22(23)24/h2-8,20H,1H3,(H2,19,21,26). The van der Waals surface area contributed by atoms with Crippen LogP contribution in [0.2, 0.25) is 0 Å². The van der Waals surface area contributed by atoms with Crippen molar-refractivity contribution in [3.8, 4) is 5.75 Å². The maximum atomic E-state index is 12.7. The van der Waals surface area contributed by atoms with E-state index in [0.29, 0.717) is 17.5 Å². The number of halogens is 3.